The van der Waals surface area contributed by atoms with Crippen molar-refractivity contribution in [3.05, 3.63) is 52.0 Å². The molecule has 11 heteroatoms. The van der Waals surface area contributed by atoms with Gasteiger partial charge in [-0.15, -0.1) is 0 Å². The zero-order valence-electron chi connectivity index (χ0n) is 17.8. The summed E-state index contributed by atoms with van der Waals surface area (Å²) in [7, 11) is 2.35. The van der Waals surface area contributed by atoms with Crippen LogP contribution in [0.3, 0.4) is 0 Å². The van der Waals surface area contributed by atoms with Gasteiger partial charge in [0.1, 0.15) is 0 Å². The van der Waals surface area contributed by atoms with E-state index in [1.165, 1.54) is 44.6 Å². The highest BCUT2D eigenvalue weighted by Gasteiger charge is 2.20. The van der Waals surface area contributed by atoms with E-state index in [1.54, 1.807) is 0 Å². The first-order chi connectivity index (χ1) is 15.8. The highest BCUT2D eigenvalue weighted by Crippen LogP contribution is 2.38. The number of carbonyl (C=O) groups is 4. The highest BCUT2D eigenvalue weighted by molar-refractivity contribution is 6.32. The lowest BCUT2D eigenvalue weighted by molar-refractivity contribution is -0.119. The maximum Gasteiger partial charge on any atom is 0.338 e. The van der Waals surface area contributed by atoms with Gasteiger partial charge in [-0.3, -0.25) is 4.79 Å². The summed E-state index contributed by atoms with van der Waals surface area (Å²) < 4.78 is 25.4. The zero-order chi connectivity index (χ0) is 24.0. The second-order valence-corrected chi connectivity index (χ2v) is 7.15. The van der Waals surface area contributed by atoms with Gasteiger partial charge in [0.05, 0.1) is 49.1 Å². The Balaban J connectivity index is 1.68. The molecule has 174 valence electrons. The molecule has 0 unspecified atom stereocenters. The lowest BCUT2D eigenvalue weighted by atomic mass is 10.1. The van der Waals surface area contributed by atoms with Crippen LogP contribution < -0.4 is 14.8 Å². The zero-order valence-corrected chi connectivity index (χ0v) is 18.5. The van der Waals surface area contributed by atoms with Gasteiger partial charge < -0.3 is 29.0 Å². The van der Waals surface area contributed by atoms with E-state index in [-0.39, 0.29) is 27.4 Å². The summed E-state index contributed by atoms with van der Waals surface area (Å²) in [6.45, 7) is 0.203. The number of fused-ring (bicyclic) bond motifs is 1. The summed E-state index contributed by atoms with van der Waals surface area (Å²) in [5.41, 5.74) is 0.236. The average molecular weight is 478 g/mol. The molecule has 1 amide bonds. The van der Waals surface area contributed by atoms with Crippen LogP contribution in [0.5, 0.6) is 11.5 Å². The lowest BCUT2D eigenvalue weighted by Gasteiger charge is -2.12. The maximum atomic E-state index is 12.4. The second-order valence-electron chi connectivity index (χ2n) is 6.74. The molecule has 0 spiro atoms. The van der Waals surface area contributed by atoms with E-state index in [2.05, 4.69) is 14.8 Å². The first kappa shape index (κ1) is 23.9. The van der Waals surface area contributed by atoms with Crippen molar-refractivity contribution < 1.29 is 42.9 Å². The maximum absolute atomic E-state index is 12.4. The van der Waals surface area contributed by atoms with Gasteiger partial charge in [-0.05, 0) is 30.3 Å². The van der Waals surface area contributed by atoms with Crippen LogP contribution in [0.2, 0.25) is 5.02 Å². The number of methoxy groups -OCH3 is 2. The van der Waals surface area contributed by atoms with Gasteiger partial charge in [-0.1, -0.05) is 11.6 Å². The molecule has 3 rings (SSSR count). The number of amides is 1. The Morgan fingerprint density at radius 3 is 2.12 bits per heavy atom. The highest BCUT2D eigenvalue weighted by atomic mass is 35.5. The second kappa shape index (κ2) is 10.7. The number of ether oxygens (including phenoxy) is 5. The van der Waals surface area contributed by atoms with Gasteiger partial charge in [0.25, 0.3) is 5.91 Å². The van der Waals surface area contributed by atoms with E-state index in [0.29, 0.717) is 31.1 Å². The fraction of sp³-hybridized carbons (Fsp3) is 0.273. The number of carbonyl (C=O) groups excluding carboxylic acids is 4. The minimum absolute atomic E-state index is 0.0227. The van der Waals surface area contributed by atoms with E-state index in [0.717, 1.165) is 0 Å². The molecule has 1 heterocycles. The van der Waals surface area contributed by atoms with Gasteiger partial charge in [0.2, 0.25) is 0 Å². The Labute approximate surface area is 193 Å². The van der Waals surface area contributed by atoms with Crippen LogP contribution in [0.15, 0.2) is 30.3 Å². The number of halogens is 1. The van der Waals surface area contributed by atoms with Gasteiger partial charge in [0.15, 0.2) is 18.1 Å². The van der Waals surface area contributed by atoms with E-state index in [9.17, 15) is 19.2 Å². The summed E-state index contributed by atoms with van der Waals surface area (Å²) in [5, 5.41) is 2.64. The van der Waals surface area contributed by atoms with Crippen molar-refractivity contribution >= 4 is 41.1 Å². The third kappa shape index (κ3) is 5.92. The molecule has 33 heavy (non-hydrogen) atoms. The standard InChI is InChI=1S/C22H20ClNO9/c1-29-20(26)12-6-13(21(27)30-2)8-15(7-12)24-18(25)11-33-22(28)14-9-16(23)19-17(10-14)31-4-3-5-32-19/h6-10H,3-5,11H2,1-2H3,(H,24,25). The third-order valence-corrected chi connectivity index (χ3v) is 4.71. The summed E-state index contributed by atoms with van der Waals surface area (Å²) >= 11 is 6.17. The molecule has 1 aliphatic heterocycles. The molecule has 1 aliphatic rings. The molecule has 2 aromatic rings. The smallest absolute Gasteiger partial charge is 0.338 e. The van der Waals surface area contributed by atoms with Gasteiger partial charge in [-0.25, -0.2) is 14.4 Å². The Morgan fingerprint density at radius 2 is 1.48 bits per heavy atom. The van der Waals surface area contributed by atoms with Gasteiger partial charge >= 0.3 is 17.9 Å². The first-order valence-electron chi connectivity index (χ1n) is 9.70. The predicted octanol–water partition coefficient (Wildman–Crippen LogP) is 2.87. The predicted molar refractivity (Wildman–Crippen MR) is 115 cm³/mol. The molecule has 0 fully saturated rings. The van der Waals surface area contributed by atoms with Crippen molar-refractivity contribution in [3.63, 3.8) is 0 Å². The number of rotatable bonds is 6. The van der Waals surface area contributed by atoms with Crippen LogP contribution in [-0.2, 0) is 19.0 Å². The number of hydrogen-bond donors (Lipinski definition) is 1. The summed E-state index contributed by atoms with van der Waals surface area (Å²) in [6.07, 6.45) is 0.666. The molecule has 0 radical (unpaired) electrons. The summed E-state index contributed by atoms with van der Waals surface area (Å²) in [5.74, 6) is -2.28. The molecule has 0 aromatic heterocycles. The molecular weight excluding hydrogens is 458 g/mol. The van der Waals surface area contributed by atoms with E-state index < -0.39 is 30.4 Å². The van der Waals surface area contributed by atoms with Crippen molar-refractivity contribution in [3.8, 4) is 11.5 Å². The van der Waals surface area contributed by atoms with E-state index >= 15 is 0 Å². The number of nitrogens with one attached hydrogen (secondary N) is 1. The third-order valence-electron chi connectivity index (χ3n) is 4.43. The number of anilines is 1. The molecule has 2 aromatic carbocycles. The van der Waals surface area contributed by atoms with E-state index in [4.69, 9.17) is 25.8 Å². The van der Waals surface area contributed by atoms with Crippen LogP contribution in [0.4, 0.5) is 5.69 Å². The Hall–Kier alpha value is -3.79. The topological polar surface area (TPSA) is 126 Å². The number of esters is 3. The van der Waals surface area contributed by atoms with Crippen LogP contribution in [-0.4, -0.2) is 57.9 Å². The van der Waals surface area contributed by atoms with Gasteiger partial charge in [0, 0.05) is 12.1 Å². The lowest BCUT2D eigenvalue weighted by Crippen LogP contribution is -2.21. The molecule has 1 N–H and O–H groups in total. The van der Waals surface area contributed by atoms with Crippen molar-refractivity contribution in [2.45, 2.75) is 6.42 Å². The minimum atomic E-state index is -0.804. The Morgan fingerprint density at radius 1 is 0.879 bits per heavy atom. The average Bonchev–Trinajstić information content (AvgIpc) is 3.07. The molecular formula is C22H20ClNO9. The van der Waals surface area contributed by atoms with Crippen molar-refractivity contribution in [2.24, 2.45) is 0 Å². The molecule has 0 bridgehead atoms. The van der Waals surface area contributed by atoms with Crippen molar-refractivity contribution in [1.29, 1.82) is 0 Å². The molecule has 0 saturated carbocycles. The fourth-order valence-electron chi connectivity index (χ4n) is 2.93. The van der Waals surface area contributed by atoms with Crippen LogP contribution >= 0.6 is 11.6 Å². The van der Waals surface area contributed by atoms with Crippen LogP contribution in [0, 0.1) is 0 Å². The molecule has 10 nitrogen and oxygen atoms in total. The fourth-order valence-corrected chi connectivity index (χ4v) is 3.20. The minimum Gasteiger partial charge on any atom is -0.489 e. The number of benzene rings is 2. The molecule has 0 saturated heterocycles. The molecule has 0 atom stereocenters. The monoisotopic (exact) mass is 477 g/mol. The quantitative estimate of drug-likeness (QED) is 0.493. The normalized spacial score (nSPS) is 12.2. The molecule has 0 aliphatic carbocycles. The Bertz CT molecular complexity index is 1070. The van der Waals surface area contributed by atoms with Crippen LogP contribution in [0.25, 0.3) is 0 Å². The first-order valence-corrected chi connectivity index (χ1v) is 10.1. The van der Waals surface area contributed by atoms with E-state index in [1.807, 2.05) is 0 Å². The summed E-state index contributed by atoms with van der Waals surface area (Å²) in [4.78, 5) is 48.4. The summed E-state index contributed by atoms with van der Waals surface area (Å²) in [6, 6.07) is 6.66. The van der Waals surface area contributed by atoms with Crippen molar-refractivity contribution in [1.82, 2.24) is 0 Å². The van der Waals surface area contributed by atoms with Gasteiger partial charge in [-0.2, -0.15) is 0 Å². The Kier molecular flexibility index (Phi) is 7.73. The van der Waals surface area contributed by atoms with Crippen LogP contribution in [0.1, 0.15) is 37.5 Å². The SMILES string of the molecule is COC(=O)c1cc(NC(=O)COC(=O)c2cc(Cl)c3c(c2)OCCCO3)cc(C(=O)OC)c1. The largest absolute Gasteiger partial charge is 0.489 e. The van der Waals surface area contributed by atoms with Crippen molar-refractivity contribution in [2.75, 3.05) is 39.4 Å². The number of hydrogen-bond acceptors (Lipinski definition) is 9.